The second-order valence-electron chi connectivity index (χ2n) is 6.36. The number of hydrogen-bond donors (Lipinski definition) is 1. The van der Waals surface area contributed by atoms with Gasteiger partial charge in [-0.2, -0.15) is 0 Å². The number of rotatable bonds is 6. The maximum Gasteiger partial charge on any atom is 0.304 e. The molecule has 1 atom stereocenters. The molecule has 0 bridgehead atoms. The summed E-state index contributed by atoms with van der Waals surface area (Å²) < 4.78 is 0. The molecule has 1 saturated heterocycles. The molecule has 0 amide bonds. The van der Waals surface area contributed by atoms with Gasteiger partial charge in [-0.3, -0.25) is 9.69 Å². The Morgan fingerprint density at radius 2 is 1.64 bits per heavy atom. The van der Waals surface area contributed by atoms with Crippen LogP contribution in [0, 0.1) is 0 Å². The molecule has 0 aromatic heterocycles. The van der Waals surface area contributed by atoms with Crippen molar-refractivity contribution in [2.75, 3.05) is 32.7 Å². The Morgan fingerprint density at radius 3 is 2.28 bits per heavy atom. The van der Waals surface area contributed by atoms with Gasteiger partial charge in [-0.15, -0.1) is 0 Å². The van der Waals surface area contributed by atoms with E-state index in [1.807, 2.05) is 24.3 Å². The molecule has 1 fully saturated rings. The van der Waals surface area contributed by atoms with Crippen LogP contribution in [0.25, 0.3) is 0 Å². The van der Waals surface area contributed by atoms with E-state index in [0.29, 0.717) is 6.54 Å². The van der Waals surface area contributed by atoms with Gasteiger partial charge < -0.3 is 10.0 Å². The smallest absolute Gasteiger partial charge is 0.304 e. The van der Waals surface area contributed by atoms with E-state index in [4.69, 9.17) is 16.7 Å². The highest BCUT2D eigenvalue weighted by Crippen LogP contribution is 2.33. The van der Waals surface area contributed by atoms with E-state index >= 15 is 0 Å². The van der Waals surface area contributed by atoms with Crippen molar-refractivity contribution in [3.8, 4) is 0 Å². The number of aliphatic carboxylic acids is 1. The Bertz CT molecular complexity index is 700. The summed E-state index contributed by atoms with van der Waals surface area (Å²) in [6.45, 7) is 4.15. The monoisotopic (exact) mass is 358 g/mol. The second kappa shape index (κ2) is 8.48. The Labute approximate surface area is 153 Å². The predicted molar refractivity (Wildman–Crippen MR) is 100 cm³/mol. The molecule has 25 heavy (non-hydrogen) atoms. The summed E-state index contributed by atoms with van der Waals surface area (Å²) >= 11 is 6.50. The minimum atomic E-state index is -0.736. The summed E-state index contributed by atoms with van der Waals surface area (Å²) in [5.41, 5.74) is 2.35. The lowest BCUT2D eigenvalue weighted by Gasteiger charge is -2.40. The normalized spacial score (nSPS) is 17.3. The van der Waals surface area contributed by atoms with Gasteiger partial charge in [0, 0.05) is 37.7 Å². The van der Waals surface area contributed by atoms with E-state index in [1.165, 1.54) is 5.56 Å². The Morgan fingerprint density at radius 1 is 1.00 bits per heavy atom. The lowest BCUT2D eigenvalue weighted by atomic mass is 9.96. The first-order valence-electron chi connectivity index (χ1n) is 8.62. The van der Waals surface area contributed by atoms with Gasteiger partial charge in [-0.25, -0.2) is 0 Å². The number of hydrogen-bond acceptors (Lipinski definition) is 3. The fourth-order valence-electron chi connectivity index (χ4n) is 3.42. The van der Waals surface area contributed by atoms with Crippen LogP contribution in [0.1, 0.15) is 23.6 Å². The molecular weight excluding hydrogens is 336 g/mol. The number of carbonyl (C=O) groups is 1. The molecule has 1 heterocycles. The summed E-state index contributed by atoms with van der Waals surface area (Å²) in [5.74, 6) is -0.736. The third-order valence-electron chi connectivity index (χ3n) is 4.73. The topological polar surface area (TPSA) is 43.8 Å². The largest absolute Gasteiger partial charge is 0.481 e. The van der Waals surface area contributed by atoms with E-state index in [9.17, 15) is 4.79 Å². The van der Waals surface area contributed by atoms with Crippen molar-refractivity contribution < 1.29 is 9.90 Å². The maximum absolute atomic E-state index is 10.8. The molecule has 0 radical (unpaired) electrons. The van der Waals surface area contributed by atoms with Crippen LogP contribution in [-0.2, 0) is 4.79 Å². The van der Waals surface area contributed by atoms with Crippen LogP contribution in [0.15, 0.2) is 54.6 Å². The van der Waals surface area contributed by atoms with Crippen molar-refractivity contribution in [2.45, 2.75) is 12.5 Å². The van der Waals surface area contributed by atoms with Crippen LogP contribution in [0.2, 0.25) is 5.02 Å². The van der Waals surface area contributed by atoms with E-state index in [2.05, 4.69) is 40.1 Å². The number of halogens is 1. The first kappa shape index (κ1) is 17.9. The fraction of sp³-hybridized carbons (Fsp3) is 0.350. The molecule has 1 unspecified atom stereocenters. The molecule has 132 valence electrons. The van der Waals surface area contributed by atoms with Gasteiger partial charge in [0.25, 0.3) is 0 Å². The van der Waals surface area contributed by atoms with Crippen molar-refractivity contribution >= 4 is 17.6 Å². The summed E-state index contributed by atoms with van der Waals surface area (Å²) in [5, 5.41) is 9.64. The van der Waals surface area contributed by atoms with E-state index in [1.54, 1.807) is 0 Å². The first-order valence-corrected chi connectivity index (χ1v) is 9.00. The fourth-order valence-corrected chi connectivity index (χ4v) is 3.66. The lowest BCUT2D eigenvalue weighted by Crippen LogP contribution is -2.48. The van der Waals surface area contributed by atoms with Crippen LogP contribution >= 0.6 is 11.6 Å². The summed E-state index contributed by atoms with van der Waals surface area (Å²) in [6.07, 6.45) is 0.201. The third kappa shape index (κ3) is 4.60. The molecule has 1 aliphatic heterocycles. The van der Waals surface area contributed by atoms with Crippen LogP contribution < -0.4 is 0 Å². The summed E-state index contributed by atoms with van der Waals surface area (Å²) in [4.78, 5) is 15.4. The van der Waals surface area contributed by atoms with Gasteiger partial charge in [0.05, 0.1) is 12.5 Å². The van der Waals surface area contributed by atoms with Crippen LogP contribution in [0.5, 0.6) is 0 Å². The van der Waals surface area contributed by atoms with Crippen LogP contribution in [0.4, 0.5) is 0 Å². The quantitative estimate of drug-likeness (QED) is 0.858. The zero-order valence-corrected chi connectivity index (χ0v) is 14.9. The van der Waals surface area contributed by atoms with Gasteiger partial charge in [-0.05, 0) is 17.2 Å². The van der Waals surface area contributed by atoms with Crippen molar-refractivity contribution in [1.82, 2.24) is 9.80 Å². The van der Waals surface area contributed by atoms with Crippen molar-refractivity contribution in [1.29, 1.82) is 0 Å². The number of nitrogens with zero attached hydrogens (tertiary/aromatic N) is 2. The highest BCUT2D eigenvalue weighted by Gasteiger charge is 2.27. The molecule has 5 heteroatoms. The molecule has 1 N–H and O–H groups in total. The molecule has 4 nitrogen and oxygen atoms in total. The second-order valence-corrected chi connectivity index (χ2v) is 6.76. The van der Waals surface area contributed by atoms with Gasteiger partial charge in [-0.1, -0.05) is 60.1 Å². The minimum Gasteiger partial charge on any atom is -0.481 e. The summed E-state index contributed by atoms with van der Waals surface area (Å²) in [7, 11) is 0. The number of piperazine rings is 1. The van der Waals surface area contributed by atoms with Gasteiger partial charge in [0.1, 0.15) is 0 Å². The zero-order chi connectivity index (χ0) is 17.6. The third-order valence-corrected chi connectivity index (χ3v) is 5.07. The molecular formula is C20H23ClN2O2. The van der Waals surface area contributed by atoms with E-state index in [0.717, 1.165) is 36.8 Å². The predicted octanol–water partition coefficient (Wildman–Crippen LogP) is 3.52. The lowest BCUT2D eigenvalue weighted by molar-refractivity contribution is -0.137. The molecule has 0 aliphatic carbocycles. The van der Waals surface area contributed by atoms with E-state index < -0.39 is 5.97 Å². The van der Waals surface area contributed by atoms with Gasteiger partial charge in [0.15, 0.2) is 0 Å². The number of carboxylic acid groups (broad SMARTS) is 1. The molecule has 3 rings (SSSR count). The van der Waals surface area contributed by atoms with Crippen LogP contribution in [0.3, 0.4) is 0 Å². The van der Waals surface area contributed by atoms with Gasteiger partial charge in [0.2, 0.25) is 0 Å². The van der Waals surface area contributed by atoms with Crippen molar-refractivity contribution in [3.05, 3.63) is 70.7 Å². The van der Waals surface area contributed by atoms with E-state index in [-0.39, 0.29) is 12.5 Å². The highest BCUT2D eigenvalue weighted by atomic mass is 35.5. The molecule has 0 saturated carbocycles. The Kier molecular flexibility index (Phi) is 6.08. The number of carboxylic acids is 1. The Balaban J connectivity index is 1.78. The molecule has 0 spiro atoms. The molecule has 2 aromatic carbocycles. The standard InChI is InChI=1S/C20H23ClN2O2/c21-18-9-5-4-8-17(18)20(16-6-2-1-3-7-16)23-14-12-22(13-15-23)11-10-19(24)25/h1-9,20H,10-15H2,(H,24,25). The zero-order valence-electron chi connectivity index (χ0n) is 14.1. The minimum absolute atomic E-state index is 0.122. The average molecular weight is 359 g/mol. The van der Waals surface area contributed by atoms with Crippen molar-refractivity contribution in [2.24, 2.45) is 0 Å². The Hall–Kier alpha value is -1.88. The molecule has 2 aromatic rings. The maximum atomic E-state index is 10.8. The molecule has 1 aliphatic rings. The highest BCUT2D eigenvalue weighted by molar-refractivity contribution is 6.31. The SMILES string of the molecule is O=C(O)CCN1CCN(C(c2ccccc2)c2ccccc2Cl)CC1. The average Bonchev–Trinajstić information content (AvgIpc) is 2.64. The van der Waals surface area contributed by atoms with Crippen molar-refractivity contribution in [3.63, 3.8) is 0 Å². The first-order chi connectivity index (χ1) is 12.1. The van der Waals surface area contributed by atoms with Crippen LogP contribution in [-0.4, -0.2) is 53.6 Å². The number of benzene rings is 2. The van der Waals surface area contributed by atoms with Gasteiger partial charge >= 0.3 is 5.97 Å². The summed E-state index contributed by atoms with van der Waals surface area (Å²) in [6, 6.07) is 18.6.